The largest absolute Gasteiger partial charge is 0.375 e. The number of fused-ring (bicyclic) bond motifs is 2. The Morgan fingerprint density at radius 1 is 1.00 bits per heavy atom. The predicted molar refractivity (Wildman–Crippen MR) is 85.4 cm³/mol. The van der Waals surface area contributed by atoms with E-state index >= 15 is 0 Å². The Hall–Kier alpha value is -2.06. The van der Waals surface area contributed by atoms with E-state index in [-0.39, 0.29) is 11.9 Å². The fraction of sp³-hybridized carbons (Fsp3) is 0.111. The average molecular weight is 298 g/mol. The zero-order chi connectivity index (χ0) is 14.4. The first kappa shape index (κ1) is 12.7. The van der Waals surface area contributed by atoms with Gasteiger partial charge in [-0.25, -0.2) is 4.39 Å². The Balaban J connectivity index is 1.73. The van der Waals surface area contributed by atoms with Crippen molar-refractivity contribution in [3.63, 3.8) is 0 Å². The van der Waals surface area contributed by atoms with Gasteiger partial charge in [-0.15, -0.1) is 0 Å². The van der Waals surface area contributed by atoms with E-state index in [1.807, 2.05) is 18.2 Å². The molecule has 1 aliphatic heterocycles. The first-order chi connectivity index (χ1) is 10.2. The van der Waals surface area contributed by atoms with E-state index < -0.39 is 0 Å². The zero-order valence-corrected chi connectivity index (χ0v) is 12.0. The summed E-state index contributed by atoms with van der Waals surface area (Å²) in [5, 5.41) is 6.14. The molecule has 4 rings (SSSR count). The van der Waals surface area contributed by atoms with Crippen molar-refractivity contribution in [2.45, 2.75) is 12.5 Å². The number of nitrogens with one attached hydrogen (secondary N) is 1. The van der Waals surface area contributed by atoms with Crippen LogP contribution in [0.15, 0.2) is 54.6 Å². The molecule has 104 valence electrons. The van der Waals surface area contributed by atoms with Crippen molar-refractivity contribution in [2.75, 3.05) is 5.32 Å². The molecule has 3 heteroatoms. The molecule has 1 unspecified atom stereocenters. The van der Waals surface area contributed by atoms with Crippen LogP contribution in [0.25, 0.3) is 10.8 Å². The molecular formula is C18H13ClFN. The molecule has 3 aromatic carbocycles. The number of benzene rings is 3. The maximum Gasteiger partial charge on any atom is 0.148 e. The predicted octanol–water partition coefficient (Wildman–Crippen LogP) is 5.34. The van der Waals surface area contributed by atoms with Gasteiger partial charge < -0.3 is 5.32 Å². The molecule has 1 nitrogen and oxygen atoms in total. The van der Waals surface area contributed by atoms with E-state index in [1.54, 1.807) is 0 Å². The lowest BCUT2D eigenvalue weighted by molar-refractivity contribution is 0.631. The van der Waals surface area contributed by atoms with Crippen LogP contribution in [0.3, 0.4) is 0 Å². The molecule has 1 aliphatic rings. The fourth-order valence-electron chi connectivity index (χ4n) is 3.02. The minimum Gasteiger partial charge on any atom is -0.375 e. The lowest BCUT2D eigenvalue weighted by Crippen LogP contribution is -2.05. The van der Waals surface area contributed by atoms with Crippen LogP contribution in [0, 0.1) is 5.82 Å². The Morgan fingerprint density at radius 3 is 2.67 bits per heavy atom. The van der Waals surface area contributed by atoms with Gasteiger partial charge in [0, 0.05) is 5.02 Å². The standard InChI is InChI=1S/C18H13ClFN/c19-15-8-14-9-17(21-18(14)16(20)10-15)13-6-5-11-3-1-2-4-12(11)7-13/h1-8,10,17,21H,9H2. The highest BCUT2D eigenvalue weighted by Crippen LogP contribution is 2.38. The van der Waals surface area contributed by atoms with Crippen molar-refractivity contribution in [1.29, 1.82) is 0 Å². The molecule has 21 heavy (non-hydrogen) atoms. The highest BCUT2D eigenvalue weighted by atomic mass is 35.5. The monoisotopic (exact) mass is 297 g/mol. The average Bonchev–Trinajstić information content (AvgIpc) is 2.91. The van der Waals surface area contributed by atoms with Crippen LogP contribution in [-0.2, 0) is 6.42 Å². The van der Waals surface area contributed by atoms with Gasteiger partial charge in [-0.2, -0.15) is 0 Å². The lowest BCUT2D eigenvalue weighted by atomic mass is 9.99. The highest BCUT2D eigenvalue weighted by molar-refractivity contribution is 6.30. The smallest absolute Gasteiger partial charge is 0.148 e. The molecule has 0 amide bonds. The van der Waals surface area contributed by atoms with Gasteiger partial charge >= 0.3 is 0 Å². The number of anilines is 1. The van der Waals surface area contributed by atoms with E-state index in [0.29, 0.717) is 10.7 Å². The molecule has 1 atom stereocenters. The maximum absolute atomic E-state index is 13.9. The van der Waals surface area contributed by atoms with E-state index in [1.165, 1.54) is 22.4 Å². The Morgan fingerprint density at radius 2 is 1.81 bits per heavy atom. The molecule has 0 bridgehead atoms. The summed E-state index contributed by atoms with van der Waals surface area (Å²) in [7, 11) is 0. The summed E-state index contributed by atoms with van der Waals surface area (Å²) in [6.45, 7) is 0. The Labute approximate surface area is 127 Å². The summed E-state index contributed by atoms with van der Waals surface area (Å²) in [5.41, 5.74) is 2.69. The minimum absolute atomic E-state index is 0.0950. The topological polar surface area (TPSA) is 12.0 Å². The summed E-state index contributed by atoms with van der Waals surface area (Å²) in [5.74, 6) is -0.277. The van der Waals surface area contributed by atoms with Crippen molar-refractivity contribution in [3.05, 3.63) is 76.6 Å². The summed E-state index contributed by atoms with van der Waals surface area (Å²) in [6.07, 6.45) is 0.755. The summed E-state index contributed by atoms with van der Waals surface area (Å²) in [6, 6.07) is 17.9. The molecule has 0 radical (unpaired) electrons. The molecule has 0 aliphatic carbocycles. The summed E-state index contributed by atoms with van der Waals surface area (Å²) in [4.78, 5) is 0. The summed E-state index contributed by atoms with van der Waals surface area (Å²) >= 11 is 5.93. The first-order valence-corrected chi connectivity index (χ1v) is 7.32. The van der Waals surface area contributed by atoms with Gasteiger partial charge in [0.2, 0.25) is 0 Å². The van der Waals surface area contributed by atoms with Crippen molar-refractivity contribution in [1.82, 2.24) is 0 Å². The lowest BCUT2D eigenvalue weighted by Gasteiger charge is -2.12. The Kier molecular flexibility index (Phi) is 2.86. The van der Waals surface area contributed by atoms with Crippen LogP contribution in [0.1, 0.15) is 17.2 Å². The highest BCUT2D eigenvalue weighted by Gasteiger charge is 2.25. The van der Waals surface area contributed by atoms with Crippen LogP contribution in [-0.4, -0.2) is 0 Å². The van der Waals surface area contributed by atoms with Crippen LogP contribution >= 0.6 is 11.6 Å². The number of hydrogen-bond donors (Lipinski definition) is 1. The van der Waals surface area contributed by atoms with Gasteiger partial charge in [0.1, 0.15) is 5.82 Å². The van der Waals surface area contributed by atoms with Crippen molar-refractivity contribution in [3.8, 4) is 0 Å². The van der Waals surface area contributed by atoms with Crippen LogP contribution in [0.2, 0.25) is 5.02 Å². The second kappa shape index (κ2) is 4.74. The first-order valence-electron chi connectivity index (χ1n) is 6.94. The van der Waals surface area contributed by atoms with Gasteiger partial charge in [-0.05, 0) is 46.5 Å². The molecule has 1 N–H and O–H groups in total. The van der Waals surface area contributed by atoms with Crippen LogP contribution in [0.4, 0.5) is 10.1 Å². The Bertz CT molecular complexity index is 844. The molecule has 0 spiro atoms. The van der Waals surface area contributed by atoms with Crippen LogP contribution < -0.4 is 5.32 Å². The molecule has 1 heterocycles. The van der Waals surface area contributed by atoms with Gasteiger partial charge in [0.15, 0.2) is 0 Å². The third kappa shape index (κ3) is 2.16. The van der Waals surface area contributed by atoms with Crippen LogP contribution in [0.5, 0.6) is 0 Å². The summed E-state index contributed by atoms with van der Waals surface area (Å²) < 4.78 is 13.9. The molecule has 0 saturated heterocycles. The number of hydrogen-bond acceptors (Lipinski definition) is 1. The quantitative estimate of drug-likeness (QED) is 0.639. The SMILES string of the molecule is Fc1cc(Cl)cc2c1NC(c1ccc3ccccc3c1)C2. The third-order valence-electron chi connectivity index (χ3n) is 4.06. The maximum atomic E-state index is 13.9. The molecule has 0 fully saturated rings. The van der Waals surface area contributed by atoms with Gasteiger partial charge in [0.25, 0.3) is 0 Å². The molecule has 3 aromatic rings. The van der Waals surface area contributed by atoms with Crippen molar-refractivity contribution in [2.24, 2.45) is 0 Å². The molecule has 0 saturated carbocycles. The number of halogens is 2. The van der Waals surface area contributed by atoms with E-state index in [4.69, 9.17) is 11.6 Å². The van der Waals surface area contributed by atoms with Gasteiger partial charge in [-0.3, -0.25) is 0 Å². The van der Waals surface area contributed by atoms with E-state index in [2.05, 4.69) is 35.6 Å². The normalized spacial score (nSPS) is 16.8. The van der Waals surface area contributed by atoms with Gasteiger partial charge in [0.05, 0.1) is 11.7 Å². The number of rotatable bonds is 1. The second-order valence-electron chi connectivity index (χ2n) is 5.43. The zero-order valence-electron chi connectivity index (χ0n) is 11.2. The van der Waals surface area contributed by atoms with Crippen molar-refractivity contribution < 1.29 is 4.39 Å². The van der Waals surface area contributed by atoms with E-state index in [0.717, 1.165) is 12.0 Å². The van der Waals surface area contributed by atoms with Crippen molar-refractivity contribution >= 4 is 28.1 Å². The van der Waals surface area contributed by atoms with E-state index in [9.17, 15) is 4.39 Å². The van der Waals surface area contributed by atoms with Gasteiger partial charge in [-0.1, -0.05) is 48.0 Å². The third-order valence-corrected chi connectivity index (χ3v) is 4.27. The molecular weight excluding hydrogens is 285 g/mol. The fourth-order valence-corrected chi connectivity index (χ4v) is 3.25. The minimum atomic E-state index is -0.277. The second-order valence-corrected chi connectivity index (χ2v) is 5.87. The molecule has 0 aromatic heterocycles.